The quantitative estimate of drug-likeness (QED) is 0.816. The molecule has 4 heteroatoms. The summed E-state index contributed by atoms with van der Waals surface area (Å²) in [5.41, 5.74) is -0.838. The fraction of sp³-hybridized carbons (Fsp3) is 0.333. The Bertz CT molecular complexity index is 395. The largest absolute Gasteiger partial charge is 0.481 e. The first-order valence-electron chi connectivity index (χ1n) is 4.88. The Hall–Kier alpha value is -1.84. The molecule has 0 aliphatic rings. The molecular formula is C12H14O4. The van der Waals surface area contributed by atoms with Crippen LogP contribution < -0.4 is 0 Å². The van der Waals surface area contributed by atoms with Crippen molar-refractivity contribution in [2.75, 3.05) is 0 Å². The molecule has 0 fully saturated rings. The number of rotatable bonds is 4. The number of carboxylic acid groups (broad SMARTS) is 2. The minimum absolute atomic E-state index is 0.502. The van der Waals surface area contributed by atoms with Gasteiger partial charge in [0.15, 0.2) is 0 Å². The summed E-state index contributed by atoms with van der Waals surface area (Å²) >= 11 is 0. The van der Waals surface area contributed by atoms with E-state index in [2.05, 4.69) is 0 Å². The number of hydrogen-bond donors (Lipinski definition) is 2. The summed E-state index contributed by atoms with van der Waals surface area (Å²) in [6.45, 7) is 2.84. The van der Waals surface area contributed by atoms with Gasteiger partial charge in [0, 0.05) is 0 Å². The van der Waals surface area contributed by atoms with Gasteiger partial charge < -0.3 is 10.2 Å². The summed E-state index contributed by atoms with van der Waals surface area (Å²) in [4.78, 5) is 22.3. The summed E-state index contributed by atoms with van der Waals surface area (Å²) < 4.78 is 0. The van der Waals surface area contributed by atoms with Crippen molar-refractivity contribution in [3.05, 3.63) is 35.9 Å². The Morgan fingerprint density at radius 3 is 2.00 bits per heavy atom. The van der Waals surface area contributed by atoms with E-state index >= 15 is 0 Å². The van der Waals surface area contributed by atoms with Gasteiger partial charge in [-0.3, -0.25) is 9.59 Å². The highest BCUT2D eigenvalue weighted by molar-refractivity contribution is 5.86. The van der Waals surface area contributed by atoms with Crippen LogP contribution in [0.15, 0.2) is 30.3 Å². The molecule has 1 rings (SSSR count). The van der Waals surface area contributed by atoms with E-state index < -0.39 is 23.3 Å². The van der Waals surface area contributed by atoms with E-state index in [1.807, 2.05) is 0 Å². The van der Waals surface area contributed by atoms with Gasteiger partial charge in [-0.05, 0) is 19.4 Å². The lowest BCUT2D eigenvalue weighted by atomic mass is 9.75. The molecule has 1 aromatic rings. The molecule has 2 N–H and O–H groups in total. The van der Waals surface area contributed by atoms with E-state index in [4.69, 9.17) is 10.2 Å². The average molecular weight is 222 g/mol. The molecule has 1 atom stereocenters. The molecule has 16 heavy (non-hydrogen) atoms. The van der Waals surface area contributed by atoms with Crippen LogP contribution in [0.1, 0.15) is 25.3 Å². The van der Waals surface area contributed by atoms with Crippen LogP contribution in [0.25, 0.3) is 0 Å². The highest BCUT2D eigenvalue weighted by Gasteiger charge is 2.42. The molecule has 0 bridgehead atoms. The van der Waals surface area contributed by atoms with Crippen LogP contribution in [0.2, 0.25) is 0 Å². The topological polar surface area (TPSA) is 74.6 Å². The molecule has 0 spiro atoms. The molecule has 0 saturated carbocycles. The van der Waals surface area contributed by atoms with Crippen molar-refractivity contribution >= 4 is 11.9 Å². The molecule has 0 radical (unpaired) electrons. The van der Waals surface area contributed by atoms with Crippen LogP contribution in [0.3, 0.4) is 0 Å². The molecule has 0 saturated heterocycles. The third-order valence-corrected chi connectivity index (χ3v) is 2.65. The third-order valence-electron chi connectivity index (χ3n) is 2.65. The minimum atomic E-state index is -1.34. The molecule has 0 heterocycles. The molecule has 86 valence electrons. The van der Waals surface area contributed by atoms with Gasteiger partial charge in [0.1, 0.15) is 0 Å². The monoisotopic (exact) mass is 222 g/mol. The second-order valence-electron chi connectivity index (χ2n) is 4.21. The Balaban J connectivity index is 3.21. The first-order chi connectivity index (χ1) is 7.37. The van der Waals surface area contributed by atoms with Gasteiger partial charge in [0.2, 0.25) is 0 Å². The lowest BCUT2D eigenvalue weighted by Gasteiger charge is -2.27. The molecule has 4 nitrogen and oxygen atoms in total. The molecule has 0 aliphatic carbocycles. The summed E-state index contributed by atoms with van der Waals surface area (Å²) in [5.74, 6) is -3.30. The smallest absolute Gasteiger partial charge is 0.312 e. The number of aliphatic carboxylic acids is 2. The number of carboxylic acids is 2. The zero-order valence-electron chi connectivity index (χ0n) is 9.18. The Morgan fingerprint density at radius 1 is 1.12 bits per heavy atom. The zero-order valence-corrected chi connectivity index (χ0v) is 9.18. The van der Waals surface area contributed by atoms with Gasteiger partial charge >= 0.3 is 11.9 Å². The van der Waals surface area contributed by atoms with Crippen molar-refractivity contribution in [3.63, 3.8) is 0 Å². The molecule has 1 aromatic carbocycles. The summed E-state index contributed by atoms with van der Waals surface area (Å²) in [7, 11) is 0. The lowest BCUT2D eigenvalue weighted by molar-refractivity contribution is -0.155. The van der Waals surface area contributed by atoms with E-state index in [0.717, 1.165) is 0 Å². The summed E-state index contributed by atoms with van der Waals surface area (Å²) in [6.07, 6.45) is 0. The van der Waals surface area contributed by atoms with Gasteiger partial charge in [-0.25, -0.2) is 0 Å². The van der Waals surface area contributed by atoms with Crippen LogP contribution in [-0.4, -0.2) is 22.2 Å². The third kappa shape index (κ3) is 2.21. The Morgan fingerprint density at radius 2 is 1.62 bits per heavy atom. The van der Waals surface area contributed by atoms with Crippen LogP contribution in [0.5, 0.6) is 0 Å². The fourth-order valence-corrected chi connectivity index (χ4v) is 1.64. The highest BCUT2D eigenvalue weighted by Crippen LogP contribution is 2.35. The van der Waals surface area contributed by atoms with E-state index in [1.165, 1.54) is 13.8 Å². The van der Waals surface area contributed by atoms with Crippen LogP contribution in [0, 0.1) is 5.41 Å². The Labute approximate surface area is 93.5 Å². The lowest BCUT2D eigenvalue weighted by Crippen LogP contribution is -2.35. The first-order valence-corrected chi connectivity index (χ1v) is 4.88. The van der Waals surface area contributed by atoms with Crippen molar-refractivity contribution in [1.82, 2.24) is 0 Å². The van der Waals surface area contributed by atoms with Crippen molar-refractivity contribution in [2.24, 2.45) is 5.41 Å². The van der Waals surface area contributed by atoms with Gasteiger partial charge in [0.25, 0.3) is 0 Å². The number of carbonyl (C=O) groups is 2. The van der Waals surface area contributed by atoms with Crippen LogP contribution in [-0.2, 0) is 9.59 Å². The van der Waals surface area contributed by atoms with E-state index in [9.17, 15) is 9.59 Å². The Kier molecular flexibility index (Phi) is 3.32. The maximum Gasteiger partial charge on any atom is 0.312 e. The predicted octanol–water partition coefficient (Wildman–Crippen LogP) is 1.97. The van der Waals surface area contributed by atoms with Gasteiger partial charge in [0.05, 0.1) is 11.3 Å². The van der Waals surface area contributed by atoms with Gasteiger partial charge in [-0.2, -0.15) is 0 Å². The number of hydrogen-bond acceptors (Lipinski definition) is 2. The van der Waals surface area contributed by atoms with Gasteiger partial charge in [-0.1, -0.05) is 30.3 Å². The molecule has 0 aromatic heterocycles. The van der Waals surface area contributed by atoms with E-state index in [1.54, 1.807) is 30.3 Å². The van der Waals surface area contributed by atoms with Crippen molar-refractivity contribution in [1.29, 1.82) is 0 Å². The number of benzene rings is 1. The van der Waals surface area contributed by atoms with E-state index in [-0.39, 0.29) is 0 Å². The predicted molar refractivity (Wildman–Crippen MR) is 58.2 cm³/mol. The fourth-order valence-electron chi connectivity index (χ4n) is 1.64. The summed E-state index contributed by atoms with van der Waals surface area (Å²) in [6, 6.07) is 8.41. The van der Waals surface area contributed by atoms with Crippen LogP contribution >= 0.6 is 0 Å². The van der Waals surface area contributed by atoms with Crippen molar-refractivity contribution in [2.45, 2.75) is 19.8 Å². The molecule has 0 amide bonds. The van der Waals surface area contributed by atoms with Gasteiger partial charge in [-0.15, -0.1) is 0 Å². The highest BCUT2D eigenvalue weighted by atomic mass is 16.4. The maximum atomic E-state index is 11.2. The van der Waals surface area contributed by atoms with E-state index in [0.29, 0.717) is 5.56 Å². The van der Waals surface area contributed by atoms with Crippen molar-refractivity contribution in [3.8, 4) is 0 Å². The molecule has 0 aliphatic heterocycles. The normalized spacial score (nSPS) is 13.1. The second-order valence-corrected chi connectivity index (χ2v) is 4.21. The molecule has 1 unspecified atom stereocenters. The maximum absolute atomic E-state index is 11.2. The van der Waals surface area contributed by atoms with Crippen LogP contribution in [0.4, 0.5) is 0 Å². The second kappa shape index (κ2) is 4.35. The van der Waals surface area contributed by atoms with Crippen molar-refractivity contribution < 1.29 is 19.8 Å². The average Bonchev–Trinajstić information content (AvgIpc) is 2.18. The zero-order chi connectivity index (χ0) is 12.3. The first kappa shape index (κ1) is 12.2. The summed E-state index contributed by atoms with van der Waals surface area (Å²) in [5, 5.41) is 18.2. The standard InChI is InChI=1S/C12H14O4/c1-12(2,11(15)16)9(10(13)14)8-6-4-3-5-7-8/h3-7,9H,1-2H3,(H,13,14)(H,15,16). The minimum Gasteiger partial charge on any atom is -0.481 e. The SMILES string of the molecule is CC(C)(C(=O)O)C(C(=O)O)c1ccccc1. The molecular weight excluding hydrogens is 208 g/mol.